The fraction of sp³-hybridized carbons (Fsp3) is 0.609. The van der Waals surface area contributed by atoms with Crippen LogP contribution in [-0.2, 0) is 13.1 Å². The van der Waals surface area contributed by atoms with Gasteiger partial charge in [-0.3, -0.25) is 4.90 Å². The van der Waals surface area contributed by atoms with Crippen molar-refractivity contribution in [1.82, 2.24) is 14.5 Å². The number of aromatic nitrogens is 2. The number of methoxy groups -OCH3 is 2. The standard InChI is InChI=1S/C23H33N3O2/c1-17-13-24-23(19-8-4-9-19)26(17)15-18-7-6-12-25(14-18)16-20-10-5-11-21(27-2)22(20)28-3/h5,10-11,13,18-19H,4,6-9,12,14-16H2,1-3H3. The third-order valence-electron chi connectivity index (χ3n) is 6.48. The average molecular weight is 384 g/mol. The molecule has 1 saturated carbocycles. The number of hydrogen-bond acceptors (Lipinski definition) is 4. The first-order valence-corrected chi connectivity index (χ1v) is 10.6. The monoisotopic (exact) mass is 383 g/mol. The molecule has 1 aromatic heterocycles. The SMILES string of the molecule is COc1cccc(CN2CCCC(Cn3c(C)cnc3C3CCC3)C2)c1OC. The van der Waals surface area contributed by atoms with Crippen LogP contribution >= 0.6 is 0 Å². The number of piperidine rings is 1. The molecule has 1 aliphatic carbocycles. The summed E-state index contributed by atoms with van der Waals surface area (Å²) in [6, 6.07) is 6.17. The van der Waals surface area contributed by atoms with Crippen LogP contribution in [0.1, 0.15) is 55.1 Å². The van der Waals surface area contributed by atoms with Gasteiger partial charge in [0.2, 0.25) is 0 Å². The molecule has 2 aromatic rings. The maximum Gasteiger partial charge on any atom is 0.165 e. The first-order valence-electron chi connectivity index (χ1n) is 10.6. The van der Waals surface area contributed by atoms with E-state index in [4.69, 9.17) is 14.5 Å². The zero-order chi connectivity index (χ0) is 19.5. The van der Waals surface area contributed by atoms with Gasteiger partial charge in [-0.15, -0.1) is 0 Å². The third-order valence-corrected chi connectivity index (χ3v) is 6.48. The van der Waals surface area contributed by atoms with Gasteiger partial charge in [0.15, 0.2) is 11.5 Å². The van der Waals surface area contributed by atoms with E-state index in [2.05, 4.69) is 34.7 Å². The molecule has 0 amide bonds. The molecule has 152 valence electrons. The van der Waals surface area contributed by atoms with E-state index < -0.39 is 0 Å². The molecule has 1 aliphatic heterocycles. The molecule has 0 N–H and O–H groups in total. The number of likely N-dealkylation sites (tertiary alicyclic amines) is 1. The molecular weight excluding hydrogens is 350 g/mol. The minimum atomic E-state index is 0.678. The third kappa shape index (κ3) is 3.90. The highest BCUT2D eigenvalue weighted by atomic mass is 16.5. The van der Waals surface area contributed by atoms with Crippen LogP contribution in [0.3, 0.4) is 0 Å². The first-order chi connectivity index (χ1) is 13.7. The van der Waals surface area contributed by atoms with Crippen LogP contribution in [0, 0.1) is 12.8 Å². The Kier molecular flexibility index (Phi) is 5.90. The number of para-hydroxylation sites is 1. The maximum absolute atomic E-state index is 5.63. The van der Waals surface area contributed by atoms with Gasteiger partial charge in [-0.05, 0) is 51.1 Å². The molecule has 5 heteroatoms. The Morgan fingerprint density at radius 1 is 1.11 bits per heavy atom. The highest BCUT2D eigenvalue weighted by Gasteiger charge is 2.27. The number of benzene rings is 1. The molecule has 0 bridgehead atoms. The Balaban J connectivity index is 1.44. The number of imidazole rings is 1. The van der Waals surface area contributed by atoms with Gasteiger partial charge in [0.05, 0.1) is 14.2 Å². The molecule has 1 unspecified atom stereocenters. The molecule has 1 atom stereocenters. The number of nitrogens with zero attached hydrogens (tertiary/aromatic N) is 3. The van der Waals surface area contributed by atoms with Crippen molar-refractivity contribution < 1.29 is 9.47 Å². The van der Waals surface area contributed by atoms with Crippen molar-refractivity contribution in [3.8, 4) is 11.5 Å². The lowest BCUT2D eigenvalue weighted by Gasteiger charge is -2.34. The number of aryl methyl sites for hydroxylation is 1. The predicted octanol–water partition coefficient (Wildman–Crippen LogP) is 4.39. The van der Waals surface area contributed by atoms with E-state index >= 15 is 0 Å². The lowest BCUT2D eigenvalue weighted by molar-refractivity contribution is 0.152. The van der Waals surface area contributed by atoms with Crippen LogP contribution in [0.2, 0.25) is 0 Å². The fourth-order valence-corrected chi connectivity index (χ4v) is 4.73. The summed E-state index contributed by atoms with van der Waals surface area (Å²) in [4.78, 5) is 7.32. The average Bonchev–Trinajstić information content (AvgIpc) is 3.01. The summed E-state index contributed by atoms with van der Waals surface area (Å²) in [5.41, 5.74) is 2.52. The number of hydrogen-bond donors (Lipinski definition) is 0. The van der Waals surface area contributed by atoms with Crippen molar-refractivity contribution in [2.45, 2.75) is 58.0 Å². The van der Waals surface area contributed by atoms with Crippen molar-refractivity contribution in [2.75, 3.05) is 27.3 Å². The van der Waals surface area contributed by atoms with Gasteiger partial charge < -0.3 is 14.0 Å². The molecule has 1 aromatic carbocycles. The molecule has 1 saturated heterocycles. The van der Waals surface area contributed by atoms with E-state index in [9.17, 15) is 0 Å². The lowest BCUT2D eigenvalue weighted by atomic mass is 9.84. The second-order valence-electron chi connectivity index (χ2n) is 8.39. The van der Waals surface area contributed by atoms with Gasteiger partial charge in [0.25, 0.3) is 0 Å². The minimum absolute atomic E-state index is 0.678. The largest absolute Gasteiger partial charge is 0.493 e. The molecule has 28 heavy (non-hydrogen) atoms. The van der Waals surface area contributed by atoms with Gasteiger partial charge in [0.1, 0.15) is 5.82 Å². The fourth-order valence-electron chi connectivity index (χ4n) is 4.73. The van der Waals surface area contributed by atoms with Crippen molar-refractivity contribution in [3.63, 3.8) is 0 Å². The molecule has 2 fully saturated rings. The predicted molar refractivity (Wildman–Crippen MR) is 111 cm³/mol. The van der Waals surface area contributed by atoms with Crippen LogP contribution in [0.15, 0.2) is 24.4 Å². The van der Waals surface area contributed by atoms with E-state index in [1.54, 1.807) is 14.2 Å². The van der Waals surface area contributed by atoms with Crippen LogP contribution in [0.5, 0.6) is 11.5 Å². The molecule has 5 nitrogen and oxygen atoms in total. The van der Waals surface area contributed by atoms with Crippen molar-refractivity contribution in [3.05, 3.63) is 41.5 Å². The highest BCUT2D eigenvalue weighted by molar-refractivity contribution is 5.46. The lowest BCUT2D eigenvalue weighted by Crippen LogP contribution is -2.37. The van der Waals surface area contributed by atoms with Crippen LogP contribution in [0.4, 0.5) is 0 Å². The van der Waals surface area contributed by atoms with E-state index in [1.807, 2.05) is 6.07 Å². The zero-order valence-electron chi connectivity index (χ0n) is 17.5. The Morgan fingerprint density at radius 3 is 2.68 bits per heavy atom. The van der Waals surface area contributed by atoms with Gasteiger partial charge in [-0.1, -0.05) is 18.6 Å². The highest BCUT2D eigenvalue weighted by Crippen LogP contribution is 2.37. The van der Waals surface area contributed by atoms with Gasteiger partial charge in [-0.25, -0.2) is 4.98 Å². The van der Waals surface area contributed by atoms with Gasteiger partial charge in [-0.2, -0.15) is 0 Å². The summed E-state index contributed by atoms with van der Waals surface area (Å²) in [5.74, 6) is 4.37. The molecule has 0 radical (unpaired) electrons. The van der Waals surface area contributed by atoms with Crippen molar-refractivity contribution in [2.24, 2.45) is 5.92 Å². The number of ether oxygens (including phenoxy) is 2. The Morgan fingerprint density at radius 2 is 1.96 bits per heavy atom. The summed E-state index contributed by atoms with van der Waals surface area (Å²) < 4.78 is 13.6. The van der Waals surface area contributed by atoms with E-state index in [0.717, 1.165) is 37.7 Å². The van der Waals surface area contributed by atoms with E-state index in [1.165, 1.54) is 49.2 Å². The summed E-state index contributed by atoms with van der Waals surface area (Å²) in [6.45, 7) is 6.49. The molecule has 4 rings (SSSR count). The molecule has 2 heterocycles. The van der Waals surface area contributed by atoms with Crippen LogP contribution < -0.4 is 9.47 Å². The Bertz CT molecular complexity index is 797. The first kappa shape index (κ1) is 19.3. The van der Waals surface area contributed by atoms with Crippen LogP contribution in [0.25, 0.3) is 0 Å². The Hall–Kier alpha value is -2.01. The smallest absolute Gasteiger partial charge is 0.165 e. The molecule has 0 spiro atoms. The van der Waals surface area contributed by atoms with Crippen LogP contribution in [-0.4, -0.2) is 41.8 Å². The normalized spacial score (nSPS) is 20.8. The topological polar surface area (TPSA) is 39.5 Å². The zero-order valence-corrected chi connectivity index (χ0v) is 17.5. The van der Waals surface area contributed by atoms with Crippen molar-refractivity contribution in [1.29, 1.82) is 0 Å². The van der Waals surface area contributed by atoms with E-state index in [0.29, 0.717) is 11.8 Å². The summed E-state index contributed by atoms with van der Waals surface area (Å²) in [7, 11) is 3.43. The Labute approximate surface area is 168 Å². The van der Waals surface area contributed by atoms with Gasteiger partial charge >= 0.3 is 0 Å². The summed E-state index contributed by atoms with van der Waals surface area (Å²) >= 11 is 0. The summed E-state index contributed by atoms with van der Waals surface area (Å²) in [6.07, 6.45) is 8.59. The minimum Gasteiger partial charge on any atom is -0.493 e. The summed E-state index contributed by atoms with van der Waals surface area (Å²) in [5, 5.41) is 0. The second-order valence-corrected chi connectivity index (χ2v) is 8.39. The van der Waals surface area contributed by atoms with Crippen molar-refractivity contribution >= 4 is 0 Å². The number of rotatable bonds is 7. The molecular formula is C23H33N3O2. The quantitative estimate of drug-likeness (QED) is 0.711. The maximum atomic E-state index is 5.63. The van der Waals surface area contributed by atoms with Gasteiger partial charge in [0, 0.05) is 43.0 Å². The van der Waals surface area contributed by atoms with E-state index in [-0.39, 0.29) is 0 Å². The second kappa shape index (κ2) is 8.56. The molecule has 2 aliphatic rings.